The molecule has 0 bridgehead atoms. The van der Waals surface area contributed by atoms with Crippen molar-refractivity contribution < 1.29 is 21.7 Å². The average Bonchev–Trinajstić information content (AvgIpc) is 3.42. The molecule has 1 aliphatic heterocycles. The number of hydrogen-bond acceptors (Lipinski definition) is 7. The number of nitrogens with one attached hydrogen (secondary N) is 1. The Morgan fingerprint density at radius 2 is 2.06 bits per heavy atom. The van der Waals surface area contributed by atoms with Gasteiger partial charge in [0.2, 0.25) is 12.4 Å². The quantitative estimate of drug-likeness (QED) is 0.432. The molecule has 160 valence electrons. The van der Waals surface area contributed by atoms with Gasteiger partial charge in [-0.1, -0.05) is 13.6 Å². The average molecular weight is 443 g/mol. The number of anilines is 1. The van der Waals surface area contributed by atoms with E-state index in [1.54, 1.807) is 29.3 Å². The lowest BCUT2D eigenvalue weighted by Crippen LogP contribution is -2.46. The number of ether oxygens (including phenoxy) is 1. The Balaban J connectivity index is 1.71. The molecule has 5 rings (SSSR count). The number of morpholine rings is 1. The van der Waals surface area contributed by atoms with Crippen LogP contribution in [-0.4, -0.2) is 65.3 Å². The van der Waals surface area contributed by atoms with Gasteiger partial charge in [-0.2, -0.15) is 23.1 Å². The first-order chi connectivity index (χ1) is 14.9. The summed E-state index contributed by atoms with van der Waals surface area (Å²) in [7, 11) is -3.37. The molecule has 4 aromatic rings. The van der Waals surface area contributed by atoms with E-state index in [1.807, 2.05) is 16.7 Å². The Labute approximate surface area is 178 Å². The monoisotopic (exact) mass is 442 g/mol. The molecule has 11 nitrogen and oxygen atoms in total. The molecule has 12 heteroatoms. The van der Waals surface area contributed by atoms with Gasteiger partial charge in [-0.15, -0.1) is 0 Å². The van der Waals surface area contributed by atoms with Gasteiger partial charge in [0.25, 0.3) is 5.65 Å². The molecular formula is C19H22N8O3S+2. The summed E-state index contributed by atoms with van der Waals surface area (Å²) in [6.07, 6.45) is 10.9. The number of rotatable bonds is 4. The number of fused-ring (bicyclic) bond motifs is 1. The summed E-state index contributed by atoms with van der Waals surface area (Å²) in [5, 5.41) is 11.6. The van der Waals surface area contributed by atoms with Crippen molar-refractivity contribution in [1.82, 2.24) is 24.8 Å². The Kier molecular flexibility index (Phi) is 4.67. The molecule has 1 atom stereocenters. The van der Waals surface area contributed by atoms with Crippen LogP contribution in [0.5, 0.6) is 0 Å². The largest absolute Gasteiger partial charge is 0.377 e. The third-order valence-corrected chi connectivity index (χ3v) is 6.30. The van der Waals surface area contributed by atoms with Gasteiger partial charge in [0, 0.05) is 12.7 Å². The van der Waals surface area contributed by atoms with E-state index in [0.717, 1.165) is 39.7 Å². The molecule has 1 aliphatic rings. The van der Waals surface area contributed by atoms with Crippen molar-refractivity contribution >= 4 is 21.5 Å². The van der Waals surface area contributed by atoms with Crippen LogP contribution in [0.25, 0.3) is 22.7 Å². The first kappa shape index (κ1) is 19.6. The fourth-order valence-electron chi connectivity index (χ4n) is 3.68. The van der Waals surface area contributed by atoms with Gasteiger partial charge in [-0.25, -0.2) is 0 Å². The molecule has 0 radical (unpaired) electrons. The van der Waals surface area contributed by atoms with Gasteiger partial charge < -0.3 is 9.64 Å². The van der Waals surface area contributed by atoms with E-state index in [1.165, 1.54) is 12.4 Å². The van der Waals surface area contributed by atoms with Crippen molar-refractivity contribution in [3.05, 3.63) is 49.3 Å². The van der Waals surface area contributed by atoms with Crippen LogP contribution in [0.4, 0.5) is 5.82 Å². The van der Waals surface area contributed by atoms with Crippen LogP contribution in [0, 0.1) is 0 Å². The van der Waals surface area contributed by atoms with E-state index in [0.29, 0.717) is 18.9 Å². The lowest BCUT2D eigenvalue weighted by molar-refractivity contribution is -0.631. The number of H-pyrrole nitrogens is 1. The molecule has 4 aromatic heterocycles. The lowest BCUT2D eigenvalue weighted by Gasteiger charge is -2.34. The van der Waals surface area contributed by atoms with Crippen LogP contribution in [0.3, 0.4) is 0 Å². The highest BCUT2D eigenvalue weighted by Gasteiger charge is 2.27. The van der Waals surface area contributed by atoms with E-state index < -0.39 is 10.0 Å². The molecule has 0 unspecified atom stereocenters. The van der Waals surface area contributed by atoms with Gasteiger partial charge in [0.1, 0.15) is 5.82 Å². The van der Waals surface area contributed by atoms with Crippen molar-refractivity contribution in [2.75, 3.05) is 30.9 Å². The molecule has 1 fully saturated rings. The predicted molar refractivity (Wildman–Crippen MR) is 110 cm³/mol. The first-order valence-corrected chi connectivity index (χ1v) is 11.6. The standard InChI is InChI=1S/C19H21N8O3S/c1-14-13-30-10-9-26(14)17-11-18(24-5-7-25(8-6-24)31(2,28)29)27-19(22-17)15(12-21-27)16-3-4-20-23-16/h3-8,11-12,14H,9-10,13H2,1-2H3/q+1/p+1/t14-/m1/s1. The predicted octanol–water partition coefficient (Wildman–Crippen LogP) is -0.284. The highest BCUT2D eigenvalue weighted by Crippen LogP contribution is 2.26. The van der Waals surface area contributed by atoms with E-state index in [-0.39, 0.29) is 6.04 Å². The maximum atomic E-state index is 11.8. The molecule has 0 aromatic carbocycles. The second-order valence-corrected chi connectivity index (χ2v) is 9.34. The van der Waals surface area contributed by atoms with Gasteiger partial charge in [-0.05, 0) is 13.0 Å². The normalized spacial score (nSPS) is 17.4. The molecule has 5 heterocycles. The summed E-state index contributed by atoms with van der Waals surface area (Å²) in [6.45, 7) is 4.08. The van der Waals surface area contributed by atoms with E-state index in [4.69, 9.17) is 9.72 Å². The smallest absolute Gasteiger partial charge is 0.366 e. The third-order valence-electron chi connectivity index (χ3n) is 5.29. The van der Waals surface area contributed by atoms with Gasteiger partial charge in [-0.3, -0.25) is 5.10 Å². The van der Waals surface area contributed by atoms with Crippen LogP contribution in [-0.2, 0) is 14.8 Å². The van der Waals surface area contributed by atoms with Crippen LogP contribution >= 0.6 is 0 Å². The Morgan fingerprint density at radius 3 is 2.74 bits per heavy atom. The summed E-state index contributed by atoms with van der Waals surface area (Å²) >= 11 is 0. The highest BCUT2D eigenvalue weighted by atomic mass is 32.2. The molecule has 0 amide bonds. The Hall–Kier alpha value is -3.38. The van der Waals surface area contributed by atoms with Crippen LogP contribution in [0.15, 0.2) is 49.3 Å². The van der Waals surface area contributed by atoms with Gasteiger partial charge >= 0.3 is 15.8 Å². The summed E-state index contributed by atoms with van der Waals surface area (Å²) in [5.74, 6) is 1.53. The summed E-state index contributed by atoms with van der Waals surface area (Å²) in [5.41, 5.74) is 2.31. The van der Waals surface area contributed by atoms with Crippen molar-refractivity contribution in [3.63, 3.8) is 0 Å². The van der Waals surface area contributed by atoms with Crippen molar-refractivity contribution in [2.24, 2.45) is 0 Å². The second-order valence-electron chi connectivity index (χ2n) is 7.45. The molecular weight excluding hydrogens is 420 g/mol. The molecule has 1 N–H and O–H groups in total. The number of hydrogen-bond donors (Lipinski definition) is 1. The minimum Gasteiger partial charge on any atom is -0.377 e. The SMILES string of the molecule is C[C@@H]1COCCN1c1cc(-[n+]2cc[n+](S(C)(=O)=O)cc2)n2ncc(-c3ccn[nH]3)c2n1. The highest BCUT2D eigenvalue weighted by molar-refractivity contribution is 7.84. The zero-order valence-corrected chi connectivity index (χ0v) is 17.9. The van der Waals surface area contributed by atoms with Crippen molar-refractivity contribution in [1.29, 1.82) is 0 Å². The minimum atomic E-state index is -3.37. The Bertz CT molecular complexity index is 1330. The molecule has 0 saturated carbocycles. The van der Waals surface area contributed by atoms with Gasteiger partial charge in [0.15, 0.2) is 12.4 Å². The summed E-state index contributed by atoms with van der Waals surface area (Å²) in [6, 6.07) is 3.99. The maximum Gasteiger partial charge on any atom is 0.366 e. The summed E-state index contributed by atoms with van der Waals surface area (Å²) < 4.78 is 33.9. The molecule has 0 spiro atoms. The molecule has 0 aliphatic carbocycles. The fourth-order valence-corrected chi connectivity index (χ4v) is 4.23. The third kappa shape index (κ3) is 3.53. The van der Waals surface area contributed by atoms with Crippen molar-refractivity contribution in [3.8, 4) is 17.1 Å². The number of nitrogens with zero attached hydrogens (tertiary/aromatic N) is 7. The number of aromatic nitrogens is 7. The summed E-state index contributed by atoms with van der Waals surface area (Å²) in [4.78, 5) is 7.12. The van der Waals surface area contributed by atoms with Crippen molar-refractivity contribution in [2.45, 2.75) is 13.0 Å². The van der Waals surface area contributed by atoms with Crippen LogP contribution in [0.2, 0.25) is 0 Å². The second kappa shape index (κ2) is 7.39. The topological polar surface area (TPSA) is 113 Å². The molecule has 31 heavy (non-hydrogen) atoms. The van der Waals surface area contributed by atoms with E-state index >= 15 is 0 Å². The zero-order valence-electron chi connectivity index (χ0n) is 17.1. The maximum absolute atomic E-state index is 11.8. The van der Waals surface area contributed by atoms with E-state index in [2.05, 4.69) is 27.1 Å². The zero-order chi connectivity index (χ0) is 21.6. The van der Waals surface area contributed by atoms with Gasteiger partial charge in [0.05, 0.1) is 49.0 Å². The van der Waals surface area contributed by atoms with E-state index in [9.17, 15) is 8.42 Å². The molecule has 1 saturated heterocycles. The minimum absolute atomic E-state index is 0.170. The fraction of sp³-hybridized carbons (Fsp3) is 0.316. The van der Waals surface area contributed by atoms with Crippen LogP contribution in [0.1, 0.15) is 6.92 Å². The lowest BCUT2D eigenvalue weighted by atomic mass is 10.2. The Morgan fingerprint density at radius 1 is 1.26 bits per heavy atom. The first-order valence-electron chi connectivity index (χ1n) is 9.78. The number of aromatic amines is 1. The van der Waals surface area contributed by atoms with Crippen LogP contribution < -0.4 is 13.4 Å².